The molecule has 0 unspecified atom stereocenters. The van der Waals surface area contributed by atoms with Crippen LogP contribution < -0.4 is 9.47 Å². The molecule has 0 N–H and O–H groups in total. The minimum Gasteiger partial charge on any atom is -0.454 e. The molecule has 4 nitrogen and oxygen atoms in total. The number of carbonyl (C=O) groups excluding carboxylic acids is 1. The second kappa shape index (κ2) is 7.34. The predicted octanol–water partition coefficient (Wildman–Crippen LogP) is 3.54. The molecule has 126 valence electrons. The summed E-state index contributed by atoms with van der Waals surface area (Å²) in [6.45, 7) is 3.28. The first-order valence-corrected chi connectivity index (χ1v) is 8.07. The van der Waals surface area contributed by atoms with E-state index in [0.717, 1.165) is 11.3 Å². The summed E-state index contributed by atoms with van der Waals surface area (Å²) in [5, 5.41) is 0. The van der Waals surface area contributed by atoms with Gasteiger partial charge in [0.1, 0.15) is 5.82 Å². The van der Waals surface area contributed by atoms with Gasteiger partial charge in [-0.05, 0) is 42.7 Å². The van der Waals surface area contributed by atoms with E-state index in [1.54, 1.807) is 23.1 Å². The molecule has 1 amide bonds. The molecule has 1 heterocycles. The second-order valence-corrected chi connectivity index (χ2v) is 5.69. The van der Waals surface area contributed by atoms with Gasteiger partial charge in [0.05, 0.1) is 0 Å². The molecule has 0 saturated heterocycles. The molecule has 0 radical (unpaired) electrons. The van der Waals surface area contributed by atoms with Crippen molar-refractivity contribution in [2.45, 2.75) is 26.3 Å². The number of fused-ring (bicyclic) bond motifs is 1. The maximum atomic E-state index is 13.6. The Balaban J connectivity index is 1.61. The van der Waals surface area contributed by atoms with Gasteiger partial charge in [0.2, 0.25) is 12.7 Å². The smallest absolute Gasteiger partial charge is 0.231 e. The van der Waals surface area contributed by atoms with Crippen molar-refractivity contribution in [1.82, 2.24) is 4.90 Å². The normalized spacial score (nSPS) is 12.2. The molecule has 3 rings (SSSR count). The minimum absolute atomic E-state index is 0.0124. The van der Waals surface area contributed by atoms with E-state index >= 15 is 0 Å². The third-order valence-electron chi connectivity index (χ3n) is 4.11. The van der Waals surface area contributed by atoms with Crippen molar-refractivity contribution in [3.63, 3.8) is 0 Å². The van der Waals surface area contributed by atoms with Gasteiger partial charge >= 0.3 is 0 Å². The van der Waals surface area contributed by atoms with E-state index in [0.29, 0.717) is 37.2 Å². The summed E-state index contributed by atoms with van der Waals surface area (Å²) in [7, 11) is 0. The first-order valence-electron chi connectivity index (χ1n) is 8.07. The standard InChI is InChI=1S/C19H20FNO3/c1-2-21(12-14-7-9-17-18(11-14)24-13-23-17)19(22)10-8-15-5-3-4-6-16(15)20/h3-7,9,11H,2,8,10,12-13H2,1H3. The van der Waals surface area contributed by atoms with E-state index in [9.17, 15) is 9.18 Å². The molecule has 0 saturated carbocycles. The molecule has 0 fully saturated rings. The Hall–Kier alpha value is -2.56. The fourth-order valence-electron chi connectivity index (χ4n) is 2.74. The Kier molecular flexibility index (Phi) is 4.99. The fourth-order valence-corrected chi connectivity index (χ4v) is 2.74. The number of nitrogens with zero attached hydrogens (tertiary/aromatic N) is 1. The molecule has 24 heavy (non-hydrogen) atoms. The van der Waals surface area contributed by atoms with Gasteiger partial charge in [0.25, 0.3) is 0 Å². The number of rotatable bonds is 6. The zero-order valence-electron chi connectivity index (χ0n) is 13.6. The molecular formula is C19H20FNO3. The van der Waals surface area contributed by atoms with Crippen molar-refractivity contribution in [2.24, 2.45) is 0 Å². The average Bonchev–Trinajstić information content (AvgIpc) is 3.06. The Bertz CT molecular complexity index is 732. The SMILES string of the molecule is CCN(Cc1ccc2c(c1)OCO2)C(=O)CCc1ccccc1F. The van der Waals surface area contributed by atoms with Gasteiger partial charge in [-0.25, -0.2) is 4.39 Å². The molecule has 1 aliphatic rings. The number of halogens is 1. The van der Waals surface area contributed by atoms with E-state index in [1.165, 1.54) is 6.07 Å². The molecule has 0 aliphatic carbocycles. The van der Waals surface area contributed by atoms with Gasteiger partial charge in [-0.3, -0.25) is 4.79 Å². The highest BCUT2D eigenvalue weighted by molar-refractivity contribution is 5.76. The van der Waals surface area contributed by atoms with Crippen molar-refractivity contribution in [3.05, 3.63) is 59.4 Å². The summed E-state index contributed by atoms with van der Waals surface area (Å²) in [6.07, 6.45) is 0.697. The Labute approximate surface area is 140 Å². The van der Waals surface area contributed by atoms with Gasteiger partial charge in [-0.1, -0.05) is 24.3 Å². The highest BCUT2D eigenvalue weighted by Crippen LogP contribution is 2.32. The Morgan fingerprint density at radius 1 is 1.17 bits per heavy atom. The van der Waals surface area contributed by atoms with Gasteiger partial charge < -0.3 is 14.4 Å². The topological polar surface area (TPSA) is 38.8 Å². The minimum atomic E-state index is -0.260. The quantitative estimate of drug-likeness (QED) is 0.814. The lowest BCUT2D eigenvalue weighted by Crippen LogP contribution is -2.30. The molecule has 1 aliphatic heterocycles. The predicted molar refractivity (Wildman–Crippen MR) is 88.4 cm³/mol. The van der Waals surface area contributed by atoms with Crippen molar-refractivity contribution in [1.29, 1.82) is 0 Å². The van der Waals surface area contributed by atoms with Crippen molar-refractivity contribution >= 4 is 5.91 Å². The number of ether oxygens (including phenoxy) is 2. The van der Waals surface area contributed by atoms with Crippen LogP contribution in [0, 0.1) is 5.82 Å². The maximum absolute atomic E-state index is 13.6. The van der Waals surface area contributed by atoms with E-state index < -0.39 is 0 Å². The highest BCUT2D eigenvalue weighted by Gasteiger charge is 2.17. The Morgan fingerprint density at radius 2 is 1.96 bits per heavy atom. The first-order chi connectivity index (χ1) is 11.7. The van der Waals surface area contributed by atoms with E-state index in [1.807, 2.05) is 25.1 Å². The monoisotopic (exact) mass is 329 g/mol. The average molecular weight is 329 g/mol. The number of hydrogen-bond acceptors (Lipinski definition) is 3. The fraction of sp³-hybridized carbons (Fsp3) is 0.316. The van der Waals surface area contributed by atoms with E-state index in [4.69, 9.17) is 9.47 Å². The number of carbonyl (C=O) groups is 1. The van der Waals surface area contributed by atoms with E-state index in [-0.39, 0.29) is 18.5 Å². The first kappa shape index (κ1) is 16.3. The van der Waals surface area contributed by atoms with Crippen LogP contribution in [0.2, 0.25) is 0 Å². The lowest BCUT2D eigenvalue weighted by molar-refractivity contribution is -0.131. The Morgan fingerprint density at radius 3 is 2.75 bits per heavy atom. The molecule has 0 atom stereocenters. The summed E-state index contributed by atoms with van der Waals surface area (Å²) in [6, 6.07) is 12.3. The molecular weight excluding hydrogens is 309 g/mol. The van der Waals surface area contributed by atoms with Gasteiger partial charge in [0.15, 0.2) is 11.5 Å². The third kappa shape index (κ3) is 3.67. The number of amides is 1. The van der Waals surface area contributed by atoms with Crippen LogP contribution in [0.5, 0.6) is 11.5 Å². The summed E-state index contributed by atoms with van der Waals surface area (Å²) in [5.74, 6) is 1.19. The lowest BCUT2D eigenvalue weighted by atomic mass is 10.1. The third-order valence-corrected chi connectivity index (χ3v) is 4.11. The zero-order chi connectivity index (χ0) is 16.9. The molecule has 5 heteroatoms. The summed E-state index contributed by atoms with van der Waals surface area (Å²) in [4.78, 5) is 14.2. The summed E-state index contributed by atoms with van der Waals surface area (Å²) >= 11 is 0. The van der Waals surface area contributed by atoms with Gasteiger partial charge in [0, 0.05) is 19.5 Å². The van der Waals surface area contributed by atoms with Crippen molar-refractivity contribution in [3.8, 4) is 11.5 Å². The number of hydrogen-bond donors (Lipinski definition) is 0. The summed E-state index contributed by atoms with van der Waals surface area (Å²) in [5.41, 5.74) is 1.56. The molecule has 0 aromatic heterocycles. The molecule has 2 aromatic rings. The largest absolute Gasteiger partial charge is 0.454 e. The van der Waals surface area contributed by atoms with E-state index in [2.05, 4.69) is 0 Å². The van der Waals surface area contributed by atoms with Crippen LogP contribution in [0.3, 0.4) is 0 Å². The van der Waals surface area contributed by atoms with Crippen LogP contribution >= 0.6 is 0 Å². The van der Waals surface area contributed by atoms with Crippen LogP contribution in [0.15, 0.2) is 42.5 Å². The number of benzene rings is 2. The zero-order valence-corrected chi connectivity index (χ0v) is 13.6. The maximum Gasteiger partial charge on any atom is 0.231 e. The highest BCUT2D eigenvalue weighted by atomic mass is 19.1. The van der Waals surface area contributed by atoms with Gasteiger partial charge in [-0.15, -0.1) is 0 Å². The number of aryl methyl sites for hydroxylation is 1. The van der Waals surface area contributed by atoms with Crippen LogP contribution in [0.25, 0.3) is 0 Å². The van der Waals surface area contributed by atoms with Crippen LogP contribution in [0.1, 0.15) is 24.5 Å². The lowest BCUT2D eigenvalue weighted by Gasteiger charge is -2.21. The van der Waals surface area contributed by atoms with Crippen molar-refractivity contribution in [2.75, 3.05) is 13.3 Å². The van der Waals surface area contributed by atoms with Crippen LogP contribution in [0.4, 0.5) is 4.39 Å². The molecule has 2 aromatic carbocycles. The van der Waals surface area contributed by atoms with Gasteiger partial charge in [-0.2, -0.15) is 0 Å². The van der Waals surface area contributed by atoms with Crippen molar-refractivity contribution < 1.29 is 18.7 Å². The molecule has 0 bridgehead atoms. The summed E-state index contributed by atoms with van der Waals surface area (Å²) < 4.78 is 24.3. The second-order valence-electron chi connectivity index (χ2n) is 5.69. The van der Waals surface area contributed by atoms with Crippen LogP contribution in [-0.4, -0.2) is 24.1 Å². The van der Waals surface area contributed by atoms with Crippen LogP contribution in [-0.2, 0) is 17.8 Å². The molecule has 0 spiro atoms.